The summed E-state index contributed by atoms with van der Waals surface area (Å²) in [5.74, 6) is 3.03. The van der Waals surface area contributed by atoms with Crippen molar-refractivity contribution in [1.29, 1.82) is 0 Å². The Morgan fingerprint density at radius 3 is 0.755 bits per heavy atom. The molecule has 4 N–H and O–H groups in total. The van der Waals surface area contributed by atoms with E-state index in [9.17, 15) is 0 Å². The molecule has 0 aliphatic heterocycles. The van der Waals surface area contributed by atoms with Gasteiger partial charge in [-0.05, 0) is 72.8 Å². The number of imidazole rings is 4. The fraction of sp³-hybridized carbons (Fsp3) is 0. The Hall–Kier alpha value is -6.42. The third-order valence-corrected chi connectivity index (χ3v) is 8.03. The third kappa shape index (κ3) is 5.84. The van der Waals surface area contributed by atoms with Crippen molar-refractivity contribution in [2.45, 2.75) is 0 Å². The minimum absolute atomic E-state index is 0. The molecule has 0 saturated carbocycles. The molecule has 4 aromatic carbocycles. The van der Waals surface area contributed by atoms with E-state index in [-0.39, 0.29) is 17.1 Å². The van der Waals surface area contributed by atoms with Gasteiger partial charge in [0.1, 0.15) is 22.8 Å². The summed E-state index contributed by atoms with van der Waals surface area (Å²) in [6, 6.07) is 43.6. The van der Waals surface area contributed by atoms with Crippen molar-refractivity contribution in [3.05, 3.63) is 133 Å². The van der Waals surface area contributed by atoms with Crippen LogP contribution >= 0.6 is 0 Å². The topological polar surface area (TPSA) is 140 Å². The first-order chi connectivity index (χ1) is 23.7. The second-order valence-corrected chi connectivity index (χ2v) is 11.2. The molecule has 0 aliphatic carbocycles. The van der Waals surface area contributed by atoms with E-state index in [0.717, 1.165) is 90.2 Å². The Labute approximate surface area is 289 Å². The molecular formula is C38H26FeN10+2. The number of hydrogen-bond acceptors (Lipinski definition) is 6. The number of rotatable bonds is 4. The predicted octanol–water partition coefficient (Wildman–Crippen LogP) is 8.33. The van der Waals surface area contributed by atoms with Gasteiger partial charge >= 0.3 is 17.1 Å². The monoisotopic (exact) mass is 678 g/mol. The molecular weight excluding hydrogens is 652 g/mol. The first-order valence-electron chi connectivity index (χ1n) is 15.5. The van der Waals surface area contributed by atoms with Crippen LogP contribution in [0, 0.1) is 0 Å². The number of benzene rings is 4. The van der Waals surface area contributed by atoms with Crippen molar-refractivity contribution in [1.82, 2.24) is 49.8 Å². The van der Waals surface area contributed by atoms with Crippen LogP contribution < -0.4 is 0 Å². The van der Waals surface area contributed by atoms with E-state index in [1.165, 1.54) is 0 Å². The molecule has 6 heterocycles. The van der Waals surface area contributed by atoms with Crippen molar-refractivity contribution < 1.29 is 17.1 Å². The molecule has 11 heteroatoms. The van der Waals surface area contributed by atoms with Crippen LogP contribution in [0.5, 0.6) is 0 Å². The number of pyridine rings is 2. The van der Waals surface area contributed by atoms with Crippen molar-refractivity contribution >= 4 is 44.1 Å². The number of para-hydroxylation sites is 8. The molecule has 0 radical (unpaired) electrons. The van der Waals surface area contributed by atoms with Gasteiger partial charge in [0.05, 0.1) is 44.1 Å². The Kier molecular flexibility index (Phi) is 7.73. The maximum atomic E-state index is 4.72. The molecule has 0 saturated heterocycles. The second-order valence-electron chi connectivity index (χ2n) is 11.2. The van der Waals surface area contributed by atoms with Gasteiger partial charge in [-0.15, -0.1) is 0 Å². The van der Waals surface area contributed by atoms with Gasteiger partial charge in [0.15, 0.2) is 23.3 Å². The van der Waals surface area contributed by atoms with Crippen molar-refractivity contribution in [3.8, 4) is 46.1 Å². The molecule has 0 bridgehead atoms. The SMILES string of the molecule is [Fe+2].c1cc(-c2nc3ccccc3[nH]2)nc(-c2nc3ccccc3[nH]2)c1.c1cc(-c2nc3ccccc3[nH]2)nc(-c2nc3ccccc3[nH]2)c1. The molecule has 0 aliphatic rings. The summed E-state index contributed by atoms with van der Waals surface area (Å²) in [5.41, 5.74) is 10.9. The molecule has 10 rings (SSSR count). The van der Waals surface area contributed by atoms with E-state index in [0.29, 0.717) is 0 Å². The van der Waals surface area contributed by atoms with E-state index in [4.69, 9.17) is 9.97 Å². The smallest absolute Gasteiger partial charge is 0.337 e. The van der Waals surface area contributed by atoms with Crippen LogP contribution in [-0.4, -0.2) is 49.8 Å². The van der Waals surface area contributed by atoms with E-state index >= 15 is 0 Å². The summed E-state index contributed by atoms with van der Waals surface area (Å²) in [4.78, 5) is 41.1. The Morgan fingerprint density at radius 1 is 0.265 bits per heavy atom. The first kappa shape index (κ1) is 29.9. The van der Waals surface area contributed by atoms with Crippen molar-refractivity contribution in [3.63, 3.8) is 0 Å². The van der Waals surface area contributed by atoms with Crippen LogP contribution in [0.2, 0.25) is 0 Å². The number of nitrogens with zero attached hydrogens (tertiary/aromatic N) is 6. The fourth-order valence-corrected chi connectivity index (χ4v) is 5.69. The molecule has 0 amide bonds. The predicted molar refractivity (Wildman–Crippen MR) is 189 cm³/mol. The standard InChI is InChI=1S/2C19H13N5.Fe/c2*1-2-7-13-12(6-1)21-18(22-13)16-10-5-11-17(20-16)19-23-14-8-3-4-9-15(14)24-19;/h2*1-11H,(H,21,22)(H,23,24);/q;;+2. The van der Waals surface area contributed by atoms with Gasteiger partial charge in [0, 0.05) is 0 Å². The molecule has 6 aromatic heterocycles. The van der Waals surface area contributed by atoms with E-state index < -0.39 is 0 Å². The van der Waals surface area contributed by atoms with Gasteiger partial charge in [0.2, 0.25) is 0 Å². The first-order valence-corrected chi connectivity index (χ1v) is 15.5. The van der Waals surface area contributed by atoms with Crippen LogP contribution in [0.3, 0.4) is 0 Å². The summed E-state index contributed by atoms with van der Waals surface area (Å²) < 4.78 is 0. The quantitative estimate of drug-likeness (QED) is 0.138. The van der Waals surface area contributed by atoms with Gasteiger partial charge in [-0.3, -0.25) is 0 Å². The van der Waals surface area contributed by atoms with Crippen LogP contribution in [0.25, 0.3) is 90.2 Å². The molecule has 0 fully saturated rings. The largest absolute Gasteiger partial charge is 2.00 e. The van der Waals surface area contributed by atoms with Crippen LogP contribution in [0.4, 0.5) is 0 Å². The summed E-state index contributed by atoms with van der Waals surface area (Å²) in [6.45, 7) is 0. The van der Waals surface area contributed by atoms with Crippen LogP contribution in [-0.2, 0) is 17.1 Å². The molecule has 49 heavy (non-hydrogen) atoms. The number of hydrogen-bond donors (Lipinski definition) is 4. The normalized spacial score (nSPS) is 11.1. The molecule has 0 atom stereocenters. The van der Waals surface area contributed by atoms with Gasteiger partial charge < -0.3 is 19.9 Å². The Balaban J connectivity index is 0.000000139. The Morgan fingerprint density at radius 2 is 0.510 bits per heavy atom. The molecule has 0 unspecified atom stereocenters. The van der Waals surface area contributed by atoms with E-state index in [1.54, 1.807) is 0 Å². The summed E-state index contributed by atoms with van der Waals surface area (Å²) in [5, 5.41) is 0. The molecule has 234 valence electrons. The minimum Gasteiger partial charge on any atom is -0.337 e. The van der Waals surface area contributed by atoms with Gasteiger partial charge in [0.25, 0.3) is 0 Å². The Bertz CT molecular complexity index is 2220. The zero-order valence-corrected chi connectivity index (χ0v) is 26.8. The number of fused-ring (bicyclic) bond motifs is 4. The van der Waals surface area contributed by atoms with Crippen LogP contribution in [0.1, 0.15) is 0 Å². The maximum absolute atomic E-state index is 4.72. The van der Waals surface area contributed by atoms with Gasteiger partial charge in [-0.25, -0.2) is 29.9 Å². The maximum Gasteiger partial charge on any atom is 2.00 e. The number of aromatic amines is 4. The van der Waals surface area contributed by atoms with Gasteiger partial charge in [-0.2, -0.15) is 0 Å². The minimum atomic E-state index is 0. The second kappa shape index (κ2) is 12.6. The number of aromatic nitrogens is 10. The van der Waals surface area contributed by atoms with Crippen molar-refractivity contribution in [2.24, 2.45) is 0 Å². The summed E-state index contributed by atoms with van der Waals surface area (Å²) in [7, 11) is 0. The van der Waals surface area contributed by atoms with Crippen molar-refractivity contribution in [2.75, 3.05) is 0 Å². The molecule has 10 nitrogen and oxygen atoms in total. The third-order valence-electron chi connectivity index (χ3n) is 8.03. The molecule has 10 aromatic rings. The average molecular weight is 679 g/mol. The zero-order chi connectivity index (χ0) is 31.9. The average Bonchev–Trinajstić information content (AvgIpc) is 3.95. The van der Waals surface area contributed by atoms with E-state index in [2.05, 4.69) is 39.9 Å². The number of nitrogens with one attached hydrogen (secondary N) is 4. The zero-order valence-electron chi connectivity index (χ0n) is 25.7. The molecule has 0 spiro atoms. The van der Waals surface area contributed by atoms with E-state index in [1.807, 2.05) is 133 Å². The number of H-pyrrole nitrogens is 4. The van der Waals surface area contributed by atoms with Crippen LogP contribution in [0.15, 0.2) is 133 Å². The summed E-state index contributed by atoms with van der Waals surface area (Å²) >= 11 is 0. The fourth-order valence-electron chi connectivity index (χ4n) is 5.69. The van der Waals surface area contributed by atoms with Gasteiger partial charge in [-0.1, -0.05) is 60.7 Å². The summed E-state index contributed by atoms with van der Waals surface area (Å²) in [6.07, 6.45) is 0.